The molecule has 0 fully saturated rings. The van der Waals surface area contributed by atoms with Gasteiger partial charge in [-0.2, -0.15) is 0 Å². The number of rotatable bonds is 14. The molecule has 0 N–H and O–H groups in total. The van der Waals surface area contributed by atoms with Gasteiger partial charge in [0.05, 0.1) is 6.21 Å². The molecule has 0 saturated carbocycles. The second-order valence-electron chi connectivity index (χ2n) is 5.08. The first-order valence-corrected chi connectivity index (χ1v) is 7.90. The Bertz CT molecular complexity index is 191. The van der Waals surface area contributed by atoms with Gasteiger partial charge in [0.2, 0.25) is 0 Å². The molecule has 0 heterocycles. The number of hydrogen-bond acceptors (Lipinski definition) is 3. The van der Waals surface area contributed by atoms with E-state index in [2.05, 4.69) is 11.9 Å². The second-order valence-corrected chi connectivity index (χ2v) is 5.08. The van der Waals surface area contributed by atoms with E-state index in [9.17, 15) is 0 Å². The van der Waals surface area contributed by atoms with E-state index in [1.165, 1.54) is 64.2 Å². The Morgan fingerprint density at radius 1 is 0.789 bits per heavy atom. The van der Waals surface area contributed by atoms with Gasteiger partial charge < -0.3 is 9.47 Å². The van der Waals surface area contributed by atoms with Crippen LogP contribution in [0, 0.1) is 0 Å². The molecule has 0 aromatic rings. The van der Waals surface area contributed by atoms with Gasteiger partial charge in [-0.1, -0.05) is 64.7 Å². The predicted molar refractivity (Wildman–Crippen MR) is 83.0 cm³/mol. The van der Waals surface area contributed by atoms with Gasteiger partial charge in [0.1, 0.15) is 0 Å². The maximum absolute atomic E-state index is 5.03. The lowest BCUT2D eigenvalue weighted by molar-refractivity contribution is -0.0485. The van der Waals surface area contributed by atoms with Crippen LogP contribution in [-0.4, -0.2) is 33.3 Å². The second kappa shape index (κ2) is 15.6. The van der Waals surface area contributed by atoms with Crippen LogP contribution in [0.1, 0.15) is 71.1 Å². The molecule has 0 aromatic heterocycles. The Labute approximate surface area is 119 Å². The van der Waals surface area contributed by atoms with Crippen LogP contribution in [0.3, 0.4) is 0 Å². The lowest BCUT2D eigenvalue weighted by atomic mass is 10.1. The van der Waals surface area contributed by atoms with Crippen molar-refractivity contribution in [3.8, 4) is 0 Å². The van der Waals surface area contributed by atoms with E-state index in [-0.39, 0.29) is 6.29 Å². The highest BCUT2D eigenvalue weighted by atomic mass is 16.7. The SMILES string of the molecule is CCCCCCCCCCCCN=CC(OC)OC. The average molecular weight is 271 g/mol. The molecule has 0 unspecified atom stereocenters. The van der Waals surface area contributed by atoms with Crippen molar-refractivity contribution in [1.29, 1.82) is 0 Å². The Hall–Kier alpha value is -0.410. The molecule has 3 heteroatoms. The van der Waals surface area contributed by atoms with E-state index in [1.807, 2.05) is 0 Å². The smallest absolute Gasteiger partial charge is 0.193 e. The molecule has 0 amide bonds. The summed E-state index contributed by atoms with van der Waals surface area (Å²) in [6.45, 7) is 3.16. The molecule has 0 aliphatic rings. The van der Waals surface area contributed by atoms with Gasteiger partial charge in [-0.25, -0.2) is 0 Å². The van der Waals surface area contributed by atoms with E-state index in [0.29, 0.717) is 0 Å². The van der Waals surface area contributed by atoms with E-state index in [4.69, 9.17) is 9.47 Å². The molecule has 19 heavy (non-hydrogen) atoms. The summed E-state index contributed by atoms with van der Waals surface area (Å²) in [6.07, 6.45) is 15.1. The molecule has 0 saturated heterocycles. The van der Waals surface area contributed by atoms with Crippen LogP contribution < -0.4 is 0 Å². The molecular weight excluding hydrogens is 238 g/mol. The zero-order valence-corrected chi connectivity index (χ0v) is 13.2. The number of ether oxygens (including phenoxy) is 2. The minimum Gasteiger partial charge on any atom is -0.351 e. The third kappa shape index (κ3) is 13.8. The first kappa shape index (κ1) is 18.6. The number of hydrogen-bond donors (Lipinski definition) is 0. The van der Waals surface area contributed by atoms with Crippen LogP contribution in [-0.2, 0) is 9.47 Å². The van der Waals surface area contributed by atoms with Crippen molar-refractivity contribution in [1.82, 2.24) is 0 Å². The minimum atomic E-state index is -0.289. The Morgan fingerprint density at radius 2 is 1.26 bits per heavy atom. The van der Waals surface area contributed by atoms with Crippen molar-refractivity contribution in [3.05, 3.63) is 0 Å². The summed E-state index contributed by atoms with van der Waals surface area (Å²) >= 11 is 0. The molecule has 0 spiro atoms. The normalized spacial score (nSPS) is 11.8. The predicted octanol–water partition coefficient (Wildman–Crippen LogP) is 4.60. The lowest BCUT2D eigenvalue weighted by Crippen LogP contribution is -2.14. The van der Waals surface area contributed by atoms with Crippen molar-refractivity contribution in [3.63, 3.8) is 0 Å². The highest BCUT2D eigenvalue weighted by Gasteiger charge is 1.97. The zero-order valence-electron chi connectivity index (χ0n) is 13.2. The van der Waals surface area contributed by atoms with Crippen molar-refractivity contribution in [2.45, 2.75) is 77.4 Å². The molecule has 0 aromatic carbocycles. The van der Waals surface area contributed by atoms with Crippen molar-refractivity contribution < 1.29 is 9.47 Å². The van der Waals surface area contributed by atoms with Gasteiger partial charge in [0, 0.05) is 20.8 Å². The monoisotopic (exact) mass is 271 g/mol. The fraction of sp³-hybridized carbons (Fsp3) is 0.938. The molecule has 0 radical (unpaired) electrons. The first-order valence-electron chi connectivity index (χ1n) is 7.90. The largest absolute Gasteiger partial charge is 0.351 e. The van der Waals surface area contributed by atoms with Crippen molar-refractivity contribution in [2.75, 3.05) is 20.8 Å². The van der Waals surface area contributed by atoms with Crippen LogP contribution in [0.4, 0.5) is 0 Å². The van der Waals surface area contributed by atoms with E-state index in [0.717, 1.165) is 6.54 Å². The average Bonchev–Trinajstić information content (AvgIpc) is 2.44. The van der Waals surface area contributed by atoms with Crippen molar-refractivity contribution in [2.24, 2.45) is 4.99 Å². The van der Waals surface area contributed by atoms with Gasteiger partial charge >= 0.3 is 0 Å². The summed E-state index contributed by atoms with van der Waals surface area (Å²) in [7, 11) is 3.25. The summed E-state index contributed by atoms with van der Waals surface area (Å²) in [5.41, 5.74) is 0. The first-order chi connectivity index (χ1) is 9.35. The Balaban J connectivity index is 3.14. The fourth-order valence-corrected chi connectivity index (χ4v) is 2.07. The van der Waals surface area contributed by atoms with Crippen LogP contribution in [0.25, 0.3) is 0 Å². The quantitative estimate of drug-likeness (QED) is 0.263. The summed E-state index contributed by atoms with van der Waals surface area (Å²) in [6, 6.07) is 0. The summed E-state index contributed by atoms with van der Waals surface area (Å²) in [5, 5.41) is 0. The maximum atomic E-state index is 5.03. The minimum absolute atomic E-state index is 0.289. The van der Waals surface area contributed by atoms with Crippen LogP contribution in [0.5, 0.6) is 0 Å². The Kier molecular flexibility index (Phi) is 15.3. The number of aliphatic imine (C=N–C) groups is 1. The highest BCUT2D eigenvalue weighted by molar-refractivity contribution is 5.61. The van der Waals surface area contributed by atoms with Crippen LogP contribution in [0.2, 0.25) is 0 Å². The van der Waals surface area contributed by atoms with Crippen molar-refractivity contribution >= 4 is 6.21 Å². The standard InChI is InChI=1S/C16H33NO2/c1-4-5-6-7-8-9-10-11-12-13-14-17-15-16(18-2)19-3/h15-16H,4-14H2,1-3H3. The maximum Gasteiger partial charge on any atom is 0.193 e. The van der Waals surface area contributed by atoms with Gasteiger partial charge in [-0.3, -0.25) is 4.99 Å². The van der Waals surface area contributed by atoms with Gasteiger partial charge in [-0.15, -0.1) is 0 Å². The zero-order chi connectivity index (χ0) is 14.2. The highest BCUT2D eigenvalue weighted by Crippen LogP contribution is 2.10. The molecular formula is C16H33NO2. The molecule has 0 atom stereocenters. The summed E-state index contributed by atoms with van der Waals surface area (Å²) in [5.74, 6) is 0. The molecule has 3 nitrogen and oxygen atoms in total. The number of methoxy groups -OCH3 is 2. The summed E-state index contributed by atoms with van der Waals surface area (Å²) < 4.78 is 10.1. The third-order valence-corrected chi connectivity index (χ3v) is 3.33. The van der Waals surface area contributed by atoms with E-state index >= 15 is 0 Å². The van der Waals surface area contributed by atoms with Crippen LogP contribution in [0.15, 0.2) is 4.99 Å². The number of nitrogens with zero attached hydrogens (tertiary/aromatic N) is 1. The van der Waals surface area contributed by atoms with Gasteiger partial charge in [-0.05, 0) is 6.42 Å². The lowest BCUT2D eigenvalue weighted by Gasteiger charge is -2.06. The molecule has 0 aliphatic carbocycles. The molecule has 0 bridgehead atoms. The molecule has 0 rings (SSSR count). The van der Waals surface area contributed by atoms with Gasteiger partial charge in [0.25, 0.3) is 0 Å². The van der Waals surface area contributed by atoms with E-state index < -0.39 is 0 Å². The topological polar surface area (TPSA) is 30.8 Å². The molecule has 0 aliphatic heterocycles. The van der Waals surface area contributed by atoms with Crippen LogP contribution >= 0.6 is 0 Å². The third-order valence-electron chi connectivity index (χ3n) is 3.33. The number of unbranched alkanes of at least 4 members (excludes halogenated alkanes) is 9. The Morgan fingerprint density at radius 3 is 1.74 bits per heavy atom. The molecule has 114 valence electrons. The fourth-order valence-electron chi connectivity index (χ4n) is 2.07. The summed E-state index contributed by atoms with van der Waals surface area (Å²) in [4.78, 5) is 4.31. The van der Waals surface area contributed by atoms with E-state index in [1.54, 1.807) is 20.4 Å². The van der Waals surface area contributed by atoms with Gasteiger partial charge in [0.15, 0.2) is 6.29 Å².